The van der Waals surface area contributed by atoms with Crippen LogP contribution >= 0.6 is 11.3 Å². The molecule has 2 heterocycles. The molecule has 0 spiro atoms. The Labute approximate surface area is 155 Å². The molecule has 0 atom stereocenters. The number of aromatic nitrogens is 1. The van der Waals surface area contributed by atoms with Gasteiger partial charge in [-0.25, -0.2) is 4.98 Å². The number of fused-ring (bicyclic) bond motifs is 1. The van der Waals surface area contributed by atoms with E-state index in [9.17, 15) is 4.79 Å². The van der Waals surface area contributed by atoms with Crippen LogP contribution in [0.15, 0.2) is 47.8 Å². The van der Waals surface area contributed by atoms with Gasteiger partial charge in [0.1, 0.15) is 5.01 Å². The number of hydrogen-bond donors (Lipinski definition) is 1. The average molecular weight is 366 g/mol. The summed E-state index contributed by atoms with van der Waals surface area (Å²) in [5.74, 6) is 1.21. The maximum atomic E-state index is 12.5. The summed E-state index contributed by atoms with van der Waals surface area (Å²) in [5.41, 5.74) is 3.28. The van der Waals surface area contributed by atoms with Crippen LogP contribution in [0, 0.1) is 6.92 Å². The number of amides is 1. The zero-order valence-electron chi connectivity index (χ0n) is 14.3. The maximum Gasteiger partial charge on any atom is 0.255 e. The molecule has 1 aliphatic heterocycles. The highest BCUT2D eigenvalue weighted by Gasteiger charge is 2.13. The number of ether oxygens (including phenoxy) is 2. The van der Waals surface area contributed by atoms with Gasteiger partial charge in [-0.2, -0.15) is 0 Å². The number of anilines is 1. The maximum absolute atomic E-state index is 12.5. The summed E-state index contributed by atoms with van der Waals surface area (Å²) in [6.07, 6.45) is 0.849. The predicted molar refractivity (Wildman–Crippen MR) is 102 cm³/mol. The molecule has 1 N–H and O–H groups in total. The quantitative estimate of drug-likeness (QED) is 0.740. The van der Waals surface area contributed by atoms with E-state index in [1.54, 1.807) is 17.4 Å². The van der Waals surface area contributed by atoms with E-state index >= 15 is 0 Å². The lowest BCUT2D eigenvalue weighted by Gasteiger charge is -2.10. The first-order chi connectivity index (χ1) is 12.7. The lowest BCUT2D eigenvalue weighted by Crippen LogP contribution is -2.11. The van der Waals surface area contributed by atoms with Crippen LogP contribution in [0.1, 0.15) is 22.5 Å². The van der Waals surface area contributed by atoms with E-state index in [2.05, 4.69) is 10.3 Å². The molecule has 1 amide bonds. The van der Waals surface area contributed by atoms with Crippen LogP contribution < -0.4 is 14.8 Å². The minimum absolute atomic E-state index is 0.165. The van der Waals surface area contributed by atoms with Gasteiger partial charge in [-0.05, 0) is 31.2 Å². The molecular formula is C20H18N2O3S. The molecule has 4 rings (SSSR count). The third-order valence-corrected chi connectivity index (χ3v) is 5.03. The van der Waals surface area contributed by atoms with E-state index in [-0.39, 0.29) is 5.91 Å². The second-order valence-electron chi connectivity index (χ2n) is 6.04. The highest BCUT2D eigenvalue weighted by Crippen LogP contribution is 2.32. The molecule has 0 aliphatic carbocycles. The van der Waals surface area contributed by atoms with Crippen LogP contribution in [0.4, 0.5) is 5.69 Å². The molecule has 2 aromatic carbocycles. The standard InChI is InChI=1S/C20H18N2O3S/c1-13-12-26-20(21-13)15-5-3-14(4-6-15)19(23)22-16-7-8-17-18(11-16)25-10-2-9-24-17/h3-8,11-12H,2,9-10H2,1H3,(H,22,23). The van der Waals surface area contributed by atoms with Crippen LogP contribution in [0.25, 0.3) is 10.6 Å². The minimum atomic E-state index is -0.165. The summed E-state index contributed by atoms with van der Waals surface area (Å²) in [5, 5.41) is 5.87. The van der Waals surface area contributed by atoms with Gasteiger partial charge in [0.25, 0.3) is 5.91 Å². The molecule has 1 aliphatic rings. The molecule has 26 heavy (non-hydrogen) atoms. The number of aryl methyl sites for hydroxylation is 1. The molecule has 5 nitrogen and oxygen atoms in total. The van der Waals surface area contributed by atoms with Crippen molar-refractivity contribution in [3.05, 3.63) is 59.1 Å². The Morgan fingerprint density at radius 3 is 2.58 bits per heavy atom. The molecular weight excluding hydrogens is 348 g/mol. The van der Waals surface area contributed by atoms with Crippen molar-refractivity contribution < 1.29 is 14.3 Å². The Morgan fingerprint density at radius 2 is 1.85 bits per heavy atom. The normalized spacial score (nSPS) is 13.1. The van der Waals surface area contributed by atoms with Crippen molar-refractivity contribution in [2.45, 2.75) is 13.3 Å². The van der Waals surface area contributed by atoms with Gasteiger partial charge in [0.05, 0.1) is 13.2 Å². The van der Waals surface area contributed by atoms with Gasteiger partial charge >= 0.3 is 0 Å². The molecule has 0 bridgehead atoms. The van der Waals surface area contributed by atoms with Gasteiger partial charge in [0.2, 0.25) is 0 Å². The number of benzene rings is 2. The van der Waals surface area contributed by atoms with Crippen LogP contribution in [0.5, 0.6) is 11.5 Å². The lowest BCUT2D eigenvalue weighted by molar-refractivity contribution is 0.102. The first kappa shape index (κ1) is 16.6. The van der Waals surface area contributed by atoms with E-state index in [0.717, 1.165) is 22.7 Å². The molecule has 3 aromatic rings. The number of hydrogen-bond acceptors (Lipinski definition) is 5. The summed E-state index contributed by atoms with van der Waals surface area (Å²) >= 11 is 1.60. The zero-order chi connectivity index (χ0) is 17.9. The Bertz CT molecular complexity index is 934. The van der Waals surface area contributed by atoms with Crippen molar-refractivity contribution in [3.8, 4) is 22.1 Å². The Hall–Kier alpha value is -2.86. The summed E-state index contributed by atoms with van der Waals surface area (Å²) in [6.45, 7) is 3.23. The summed E-state index contributed by atoms with van der Waals surface area (Å²) in [6, 6.07) is 12.9. The number of nitrogens with one attached hydrogen (secondary N) is 1. The molecule has 0 fully saturated rings. The third kappa shape index (κ3) is 3.55. The van der Waals surface area contributed by atoms with E-state index in [0.29, 0.717) is 36.0 Å². The Morgan fingerprint density at radius 1 is 1.08 bits per heavy atom. The van der Waals surface area contributed by atoms with Crippen LogP contribution in [-0.4, -0.2) is 24.1 Å². The van der Waals surface area contributed by atoms with Gasteiger partial charge in [0.15, 0.2) is 11.5 Å². The van der Waals surface area contributed by atoms with Gasteiger partial charge < -0.3 is 14.8 Å². The minimum Gasteiger partial charge on any atom is -0.490 e. The fraction of sp³-hybridized carbons (Fsp3) is 0.200. The number of thiazole rings is 1. The molecule has 1 aromatic heterocycles. The Kier molecular flexibility index (Phi) is 4.58. The highest BCUT2D eigenvalue weighted by molar-refractivity contribution is 7.13. The smallest absolute Gasteiger partial charge is 0.255 e. The summed E-state index contributed by atoms with van der Waals surface area (Å²) < 4.78 is 11.3. The van der Waals surface area contributed by atoms with Crippen molar-refractivity contribution in [2.24, 2.45) is 0 Å². The number of carbonyl (C=O) groups excluding carboxylic acids is 1. The van der Waals surface area contributed by atoms with Gasteiger partial charge in [-0.3, -0.25) is 4.79 Å². The molecule has 6 heteroatoms. The predicted octanol–water partition coefficient (Wildman–Crippen LogP) is 4.53. The van der Waals surface area contributed by atoms with E-state index < -0.39 is 0 Å². The van der Waals surface area contributed by atoms with Gasteiger partial charge in [0, 0.05) is 40.4 Å². The molecule has 0 saturated carbocycles. The Balaban J connectivity index is 1.49. The number of rotatable bonds is 3. The number of carbonyl (C=O) groups is 1. The molecule has 0 saturated heterocycles. The molecule has 0 unspecified atom stereocenters. The largest absolute Gasteiger partial charge is 0.490 e. The first-order valence-electron chi connectivity index (χ1n) is 8.42. The molecule has 132 valence electrons. The van der Waals surface area contributed by atoms with E-state index in [1.165, 1.54) is 0 Å². The van der Waals surface area contributed by atoms with Crippen molar-refractivity contribution in [2.75, 3.05) is 18.5 Å². The SMILES string of the molecule is Cc1csc(-c2ccc(C(=O)Nc3ccc4c(c3)OCCCO4)cc2)n1. The van der Waals surface area contributed by atoms with Crippen molar-refractivity contribution in [3.63, 3.8) is 0 Å². The zero-order valence-corrected chi connectivity index (χ0v) is 15.1. The summed E-state index contributed by atoms with van der Waals surface area (Å²) in [7, 11) is 0. The van der Waals surface area contributed by atoms with Gasteiger partial charge in [-0.15, -0.1) is 11.3 Å². The van der Waals surface area contributed by atoms with Crippen molar-refractivity contribution in [1.82, 2.24) is 4.98 Å². The fourth-order valence-corrected chi connectivity index (χ4v) is 3.50. The van der Waals surface area contributed by atoms with Crippen molar-refractivity contribution >= 4 is 22.9 Å². The third-order valence-electron chi connectivity index (χ3n) is 4.02. The monoisotopic (exact) mass is 366 g/mol. The van der Waals surface area contributed by atoms with Crippen LogP contribution in [0.3, 0.4) is 0 Å². The molecule has 0 radical (unpaired) electrons. The average Bonchev–Trinajstić information content (AvgIpc) is 2.95. The van der Waals surface area contributed by atoms with E-state index in [4.69, 9.17) is 9.47 Å². The van der Waals surface area contributed by atoms with Gasteiger partial charge in [-0.1, -0.05) is 12.1 Å². The first-order valence-corrected chi connectivity index (χ1v) is 9.30. The second-order valence-corrected chi connectivity index (χ2v) is 6.90. The van der Waals surface area contributed by atoms with Crippen LogP contribution in [-0.2, 0) is 0 Å². The number of nitrogens with zero attached hydrogens (tertiary/aromatic N) is 1. The topological polar surface area (TPSA) is 60.5 Å². The highest BCUT2D eigenvalue weighted by atomic mass is 32.1. The second kappa shape index (κ2) is 7.17. The lowest BCUT2D eigenvalue weighted by atomic mass is 10.1. The summed E-state index contributed by atoms with van der Waals surface area (Å²) in [4.78, 5) is 17.0. The van der Waals surface area contributed by atoms with Crippen molar-refractivity contribution in [1.29, 1.82) is 0 Å². The fourth-order valence-electron chi connectivity index (χ4n) is 2.70. The van der Waals surface area contributed by atoms with E-state index in [1.807, 2.05) is 48.7 Å². The van der Waals surface area contributed by atoms with Crippen LogP contribution in [0.2, 0.25) is 0 Å².